The molecule has 4 unspecified atom stereocenters. The molecule has 0 aromatic heterocycles. The van der Waals surface area contributed by atoms with Crippen molar-refractivity contribution in [3.05, 3.63) is 11.6 Å². The van der Waals surface area contributed by atoms with Crippen molar-refractivity contribution in [1.82, 2.24) is 0 Å². The molecule has 4 atom stereocenters. The molecule has 0 heterocycles. The summed E-state index contributed by atoms with van der Waals surface area (Å²) >= 11 is 0. The molecule has 2 N–H and O–H groups in total. The fourth-order valence-corrected chi connectivity index (χ4v) is 3.84. The molecule has 2 rings (SSSR count). The Morgan fingerprint density at radius 2 is 1.94 bits per heavy atom. The lowest BCUT2D eigenvalue weighted by Gasteiger charge is -2.26. The van der Waals surface area contributed by atoms with Gasteiger partial charge in [-0.1, -0.05) is 32.4 Å². The van der Waals surface area contributed by atoms with Crippen LogP contribution in [0.15, 0.2) is 11.6 Å². The first-order valence-corrected chi connectivity index (χ1v) is 6.93. The molecule has 0 spiro atoms. The van der Waals surface area contributed by atoms with Crippen molar-refractivity contribution >= 4 is 0 Å². The first kappa shape index (κ1) is 13.1. The summed E-state index contributed by atoms with van der Waals surface area (Å²) < 4.78 is 0. The molecule has 0 aromatic rings. The van der Waals surface area contributed by atoms with Crippen molar-refractivity contribution < 1.29 is 10.2 Å². The van der Waals surface area contributed by atoms with Gasteiger partial charge in [0.15, 0.2) is 0 Å². The van der Waals surface area contributed by atoms with E-state index in [9.17, 15) is 10.2 Å². The van der Waals surface area contributed by atoms with Gasteiger partial charge in [-0.3, -0.25) is 0 Å². The van der Waals surface area contributed by atoms with Gasteiger partial charge in [0.25, 0.3) is 0 Å². The van der Waals surface area contributed by atoms with Crippen LogP contribution < -0.4 is 0 Å². The summed E-state index contributed by atoms with van der Waals surface area (Å²) in [5.41, 5.74) is 1.69. The predicted molar refractivity (Wildman–Crippen MR) is 69.5 cm³/mol. The van der Waals surface area contributed by atoms with Crippen LogP contribution in [0.5, 0.6) is 0 Å². The molecule has 0 aliphatic heterocycles. The molecule has 0 bridgehead atoms. The number of hydrogen-bond donors (Lipinski definition) is 2. The Kier molecular flexibility index (Phi) is 3.65. The van der Waals surface area contributed by atoms with Gasteiger partial charge in [0.2, 0.25) is 0 Å². The van der Waals surface area contributed by atoms with Crippen molar-refractivity contribution in [2.45, 2.75) is 40.0 Å². The van der Waals surface area contributed by atoms with E-state index >= 15 is 0 Å². The summed E-state index contributed by atoms with van der Waals surface area (Å²) in [5, 5.41) is 19.2. The van der Waals surface area contributed by atoms with Crippen LogP contribution >= 0.6 is 0 Å². The highest BCUT2D eigenvalue weighted by atomic mass is 16.3. The number of fused-ring (bicyclic) bond motifs is 1. The third-order valence-corrected chi connectivity index (χ3v) is 4.84. The van der Waals surface area contributed by atoms with Gasteiger partial charge in [0.05, 0.1) is 0 Å². The Bertz CT molecular complexity index is 306. The Morgan fingerprint density at radius 3 is 2.53 bits per heavy atom. The maximum absolute atomic E-state index is 9.67. The van der Waals surface area contributed by atoms with Gasteiger partial charge in [0, 0.05) is 19.1 Å². The number of rotatable bonds is 2. The van der Waals surface area contributed by atoms with Gasteiger partial charge in [-0.25, -0.2) is 0 Å². The van der Waals surface area contributed by atoms with Crippen LogP contribution in [0.4, 0.5) is 0 Å². The number of aliphatic hydroxyl groups is 2. The topological polar surface area (TPSA) is 40.5 Å². The van der Waals surface area contributed by atoms with Crippen LogP contribution in [-0.4, -0.2) is 23.4 Å². The van der Waals surface area contributed by atoms with E-state index in [2.05, 4.69) is 26.8 Å². The summed E-state index contributed by atoms with van der Waals surface area (Å²) in [5.74, 6) is 1.76. The van der Waals surface area contributed by atoms with Crippen molar-refractivity contribution in [1.29, 1.82) is 0 Å². The van der Waals surface area contributed by atoms with E-state index in [0.717, 1.165) is 6.42 Å². The zero-order chi connectivity index (χ0) is 12.6. The minimum Gasteiger partial charge on any atom is -0.396 e. The summed E-state index contributed by atoms with van der Waals surface area (Å²) in [7, 11) is 0. The Balaban J connectivity index is 2.33. The second-order valence-corrected chi connectivity index (χ2v) is 6.73. The summed E-state index contributed by atoms with van der Waals surface area (Å²) in [6, 6.07) is 0. The van der Waals surface area contributed by atoms with E-state index < -0.39 is 0 Å². The Hall–Kier alpha value is -0.340. The van der Waals surface area contributed by atoms with Crippen molar-refractivity contribution in [3.8, 4) is 0 Å². The third kappa shape index (κ3) is 2.43. The normalized spacial score (nSPS) is 40.6. The average Bonchev–Trinajstić information content (AvgIpc) is 2.54. The molecular weight excluding hydrogens is 212 g/mol. The first-order valence-electron chi connectivity index (χ1n) is 6.93. The molecule has 2 aliphatic carbocycles. The average molecular weight is 238 g/mol. The highest BCUT2D eigenvalue weighted by molar-refractivity contribution is 5.24. The summed E-state index contributed by atoms with van der Waals surface area (Å²) in [4.78, 5) is 0. The molecule has 1 saturated carbocycles. The summed E-state index contributed by atoms with van der Waals surface area (Å²) in [6.45, 7) is 7.29. The second-order valence-electron chi connectivity index (χ2n) is 6.73. The van der Waals surface area contributed by atoms with E-state index in [1.807, 2.05) is 0 Å². The zero-order valence-electron chi connectivity index (χ0n) is 11.3. The van der Waals surface area contributed by atoms with E-state index in [1.165, 1.54) is 18.4 Å². The van der Waals surface area contributed by atoms with Crippen LogP contribution in [0.2, 0.25) is 0 Å². The number of aliphatic hydroxyl groups excluding tert-OH is 2. The molecule has 0 aromatic carbocycles. The monoisotopic (exact) mass is 238 g/mol. The van der Waals surface area contributed by atoms with E-state index in [-0.39, 0.29) is 30.5 Å². The SMILES string of the molecule is CC1CCC(CO)C(CO)C2=CC(C)(C)CC21. The highest BCUT2D eigenvalue weighted by Crippen LogP contribution is 2.50. The van der Waals surface area contributed by atoms with Gasteiger partial charge < -0.3 is 10.2 Å². The lowest BCUT2D eigenvalue weighted by molar-refractivity contribution is 0.134. The minimum absolute atomic E-state index is 0.191. The molecule has 1 fully saturated rings. The van der Waals surface area contributed by atoms with Crippen molar-refractivity contribution in [2.75, 3.05) is 13.2 Å². The fraction of sp³-hybridized carbons (Fsp3) is 0.867. The van der Waals surface area contributed by atoms with Crippen LogP contribution in [-0.2, 0) is 0 Å². The van der Waals surface area contributed by atoms with E-state index in [4.69, 9.17) is 0 Å². The maximum Gasteiger partial charge on any atom is 0.0500 e. The van der Waals surface area contributed by atoms with Gasteiger partial charge in [-0.05, 0) is 42.4 Å². The second kappa shape index (κ2) is 4.74. The lowest BCUT2D eigenvalue weighted by Crippen LogP contribution is -2.24. The van der Waals surface area contributed by atoms with Crippen LogP contribution in [0.3, 0.4) is 0 Å². The van der Waals surface area contributed by atoms with Gasteiger partial charge >= 0.3 is 0 Å². The molecule has 17 heavy (non-hydrogen) atoms. The van der Waals surface area contributed by atoms with Gasteiger partial charge in [-0.15, -0.1) is 0 Å². The highest BCUT2D eigenvalue weighted by Gasteiger charge is 2.42. The number of allylic oxidation sites excluding steroid dienone is 1. The summed E-state index contributed by atoms with van der Waals surface area (Å²) in [6.07, 6.45) is 5.82. The Labute approximate surface area is 105 Å². The predicted octanol–water partition coefficient (Wildman–Crippen LogP) is 2.61. The lowest BCUT2D eigenvalue weighted by atomic mass is 9.80. The molecule has 0 saturated heterocycles. The molecule has 0 amide bonds. The smallest absolute Gasteiger partial charge is 0.0500 e. The Morgan fingerprint density at radius 1 is 1.24 bits per heavy atom. The molecule has 98 valence electrons. The minimum atomic E-state index is 0.191. The first-order chi connectivity index (χ1) is 7.98. The van der Waals surface area contributed by atoms with Gasteiger partial charge in [-0.2, -0.15) is 0 Å². The molecular formula is C15H26O2. The zero-order valence-corrected chi connectivity index (χ0v) is 11.3. The third-order valence-electron chi connectivity index (χ3n) is 4.84. The van der Waals surface area contributed by atoms with Crippen LogP contribution in [0, 0.1) is 29.1 Å². The van der Waals surface area contributed by atoms with Crippen LogP contribution in [0.1, 0.15) is 40.0 Å². The number of hydrogen-bond acceptors (Lipinski definition) is 2. The molecule has 2 nitrogen and oxygen atoms in total. The fourth-order valence-electron chi connectivity index (χ4n) is 3.84. The maximum atomic E-state index is 9.67. The van der Waals surface area contributed by atoms with E-state index in [1.54, 1.807) is 0 Å². The standard InChI is InChI=1S/C15H26O2/c1-10-4-5-11(8-16)14(9-17)13-7-15(2,3)6-12(10)13/h7,10-12,14,16-17H,4-6,8-9H2,1-3H3. The molecule has 2 aliphatic rings. The van der Waals surface area contributed by atoms with Crippen molar-refractivity contribution in [2.24, 2.45) is 29.1 Å². The van der Waals surface area contributed by atoms with Crippen molar-refractivity contribution in [3.63, 3.8) is 0 Å². The molecule has 2 heteroatoms. The molecule has 0 radical (unpaired) electrons. The van der Waals surface area contributed by atoms with Gasteiger partial charge in [0.1, 0.15) is 0 Å². The quantitative estimate of drug-likeness (QED) is 0.726. The van der Waals surface area contributed by atoms with E-state index in [0.29, 0.717) is 11.8 Å². The largest absolute Gasteiger partial charge is 0.396 e. The van der Waals surface area contributed by atoms with Crippen LogP contribution in [0.25, 0.3) is 0 Å².